The number of anilines is 2. The van der Waals surface area contributed by atoms with Crippen LogP contribution in [0.15, 0.2) is 30.7 Å². The third-order valence-electron chi connectivity index (χ3n) is 4.21. The van der Waals surface area contributed by atoms with Gasteiger partial charge in [-0.05, 0) is 11.6 Å². The van der Waals surface area contributed by atoms with Gasteiger partial charge in [0.05, 0.1) is 7.11 Å². The van der Waals surface area contributed by atoms with Crippen molar-refractivity contribution in [2.45, 2.75) is 6.54 Å². The maximum absolute atomic E-state index is 5.19. The number of hydrogen-bond donors (Lipinski definition) is 0. The summed E-state index contributed by atoms with van der Waals surface area (Å²) in [5.74, 6) is 2.61. The molecule has 1 aliphatic rings. The number of piperazine rings is 1. The normalized spacial score (nSPS) is 15.4. The molecule has 24 heavy (non-hydrogen) atoms. The van der Waals surface area contributed by atoms with E-state index < -0.39 is 0 Å². The van der Waals surface area contributed by atoms with Crippen LogP contribution in [-0.2, 0) is 6.54 Å². The van der Waals surface area contributed by atoms with Crippen LogP contribution >= 0.6 is 0 Å². The fourth-order valence-electron chi connectivity index (χ4n) is 2.81. The van der Waals surface area contributed by atoms with E-state index >= 15 is 0 Å². The zero-order chi connectivity index (χ0) is 16.9. The van der Waals surface area contributed by atoms with Gasteiger partial charge in [0.15, 0.2) is 0 Å². The molecule has 1 saturated heterocycles. The van der Waals surface area contributed by atoms with E-state index in [0.717, 1.165) is 44.4 Å². The fourth-order valence-corrected chi connectivity index (χ4v) is 2.81. The number of ether oxygens (including phenoxy) is 1. The monoisotopic (exact) mass is 328 g/mol. The Labute approximate surface area is 142 Å². The van der Waals surface area contributed by atoms with Crippen LogP contribution in [0.4, 0.5) is 11.6 Å². The third-order valence-corrected chi connectivity index (χ3v) is 4.21. The molecule has 0 saturated carbocycles. The molecule has 128 valence electrons. The second kappa shape index (κ2) is 7.44. The van der Waals surface area contributed by atoms with Crippen molar-refractivity contribution in [1.82, 2.24) is 19.9 Å². The van der Waals surface area contributed by atoms with Gasteiger partial charge in [-0.25, -0.2) is 15.0 Å². The van der Waals surface area contributed by atoms with Crippen molar-refractivity contribution in [3.05, 3.63) is 36.3 Å². The van der Waals surface area contributed by atoms with Gasteiger partial charge in [0.25, 0.3) is 0 Å². The minimum absolute atomic E-state index is 0.670. The SMILES string of the molecule is COc1cc(CN2CCN(c3cc(N(C)C)ncn3)CC2)ccn1. The molecule has 0 aromatic carbocycles. The number of rotatable bonds is 5. The van der Waals surface area contributed by atoms with Crippen molar-refractivity contribution in [2.75, 3.05) is 57.2 Å². The maximum Gasteiger partial charge on any atom is 0.213 e. The van der Waals surface area contributed by atoms with Crippen LogP contribution in [0.25, 0.3) is 0 Å². The van der Waals surface area contributed by atoms with Gasteiger partial charge < -0.3 is 14.5 Å². The van der Waals surface area contributed by atoms with Crippen molar-refractivity contribution < 1.29 is 4.74 Å². The zero-order valence-electron chi connectivity index (χ0n) is 14.5. The number of nitrogens with zero attached hydrogens (tertiary/aromatic N) is 6. The molecule has 0 radical (unpaired) electrons. The Morgan fingerprint density at radius 1 is 1.08 bits per heavy atom. The van der Waals surface area contributed by atoms with Crippen molar-refractivity contribution in [1.29, 1.82) is 0 Å². The standard InChI is InChI=1S/C17H24N6O/c1-21(2)15-11-16(20-13-19-15)23-8-6-22(7-9-23)12-14-4-5-18-17(10-14)24-3/h4-5,10-11,13H,6-9,12H2,1-3H3. The van der Waals surface area contributed by atoms with E-state index in [2.05, 4.69) is 24.8 Å². The first-order chi connectivity index (χ1) is 11.7. The lowest BCUT2D eigenvalue weighted by molar-refractivity contribution is 0.249. The summed E-state index contributed by atoms with van der Waals surface area (Å²) in [6.45, 7) is 4.86. The van der Waals surface area contributed by atoms with Crippen molar-refractivity contribution in [2.24, 2.45) is 0 Å². The van der Waals surface area contributed by atoms with Gasteiger partial charge in [-0.15, -0.1) is 0 Å². The quantitative estimate of drug-likeness (QED) is 0.819. The second-order valence-corrected chi connectivity index (χ2v) is 6.10. The molecule has 2 aromatic rings. The van der Waals surface area contributed by atoms with E-state index in [1.807, 2.05) is 37.2 Å². The highest BCUT2D eigenvalue weighted by Gasteiger charge is 2.19. The molecule has 1 fully saturated rings. The average molecular weight is 328 g/mol. The van der Waals surface area contributed by atoms with Crippen LogP contribution in [0.5, 0.6) is 5.88 Å². The molecule has 0 aliphatic carbocycles. The Morgan fingerprint density at radius 2 is 1.88 bits per heavy atom. The summed E-state index contributed by atoms with van der Waals surface area (Å²) >= 11 is 0. The molecule has 0 amide bonds. The molecule has 0 unspecified atom stereocenters. The Morgan fingerprint density at radius 3 is 2.58 bits per heavy atom. The molecule has 0 spiro atoms. The maximum atomic E-state index is 5.19. The summed E-state index contributed by atoms with van der Waals surface area (Å²) < 4.78 is 5.19. The molecular weight excluding hydrogens is 304 g/mol. The first-order valence-electron chi connectivity index (χ1n) is 8.11. The molecule has 0 atom stereocenters. The predicted octanol–water partition coefficient (Wildman–Crippen LogP) is 1.27. The second-order valence-electron chi connectivity index (χ2n) is 6.10. The van der Waals surface area contributed by atoms with Gasteiger partial charge in [0.2, 0.25) is 5.88 Å². The Kier molecular flexibility index (Phi) is 5.10. The van der Waals surface area contributed by atoms with E-state index in [1.165, 1.54) is 5.56 Å². The van der Waals surface area contributed by atoms with Crippen LogP contribution in [0.2, 0.25) is 0 Å². The van der Waals surface area contributed by atoms with Gasteiger partial charge >= 0.3 is 0 Å². The number of methoxy groups -OCH3 is 1. The third kappa shape index (κ3) is 3.91. The summed E-state index contributed by atoms with van der Waals surface area (Å²) in [7, 11) is 5.63. The lowest BCUT2D eigenvalue weighted by atomic mass is 10.2. The fraction of sp³-hybridized carbons (Fsp3) is 0.471. The Hall–Kier alpha value is -2.41. The molecule has 3 rings (SSSR count). The lowest BCUT2D eigenvalue weighted by Crippen LogP contribution is -2.46. The largest absolute Gasteiger partial charge is 0.481 e. The van der Waals surface area contributed by atoms with Crippen molar-refractivity contribution in [3.63, 3.8) is 0 Å². The highest BCUT2D eigenvalue weighted by atomic mass is 16.5. The molecule has 0 N–H and O–H groups in total. The van der Waals surface area contributed by atoms with E-state index in [-0.39, 0.29) is 0 Å². The Bertz CT molecular complexity index is 670. The van der Waals surface area contributed by atoms with Gasteiger partial charge in [-0.3, -0.25) is 4.90 Å². The summed E-state index contributed by atoms with van der Waals surface area (Å²) in [4.78, 5) is 19.6. The molecule has 0 bridgehead atoms. The van der Waals surface area contributed by atoms with E-state index in [0.29, 0.717) is 5.88 Å². The minimum Gasteiger partial charge on any atom is -0.481 e. The highest BCUT2D eigenvalue weighted by molar-refractivity contribution is 5.49. The highest BCUT2D eigenvalue weighted by Crippen LogP contribution is 2.19. The number of aromatic nitrogens is 3. The van der Waals surface area contributed by atoms with Gasteiger partial charge in [0.1, 0.15) is 18.0 Å². The summed E-state index contributed by atoms with van der Waals surface area (Å²) in [6, 6.07) is 6.09. The average Bonchev–Trinajstić information content (AvgIpc) is 2.62. The summed E-state index contributed by atoms with van der Waals surface area (Å²) in [5, 5.41) is 0. The summed E-state index contributed by atoms with van der Waals surface area (Å²) in [6.07, 6.45) is 3.44. The zero-order valence-corrected chi connectivity index (χ0v) is 14.5. The molecule has 1 aliphatic heterocycles. The van der Waals surface area contributed by atoms with Gasteiger partial charge in [-0.1, -0.05) is 0 Å². The molecule has 2 aromatic heterocycles. The predicted molar refractivity (Wildman–Crippen MR) is 94.6 cm³/mol. The van der Waals surface area contributed by atoms with Crippen LogP contribution in [0, 0.1) is 0 Å². The van der Waals surface area contributed by atoms with Gasteiger partial charge in [0, 0.05) is 65.1 Å². The lowest BCUT2D eigenvalue weighted by Gasteiger charge is -2.35. The first kappa shape index (κ1) is 16.4. The summed E-state index contributed by atoms with van der Waals surface area (Å²) in [5.41, 5.74) is 1.23. The Balaban J connectivity index is 1.58. The molecule has 7 heteroatoms. The molecule has 3 heterocycles. The van der Waals surface area contributed by atoms with Crippen molar-refractivity contribution in [3.8, 4) is 5.88 Å². The van der Waals surface area contributed by atoms with Crippen molar-refractivity contribution >= 4 is 11.6 Å². The van der Waals surface area contributed by atoms with Crippen LogP contribution < -0.4 is 14.5 Å². The number of pyridine rings is 1. The van der Waals surface area contributed by atoms with E-state index in [1.54, 1.807) is 19.6 Å². The van der Waals surface area contributed by atoms with Gasteiger partial charge in [-0.2, -0.15) is 0 Å². The van der Waals surface area contributed by atoms with Crippen LogP contribution in [0.1, 0.15) is 5.56 Å². The minimum atomic E-state index is 0.670. The topological polar surface area (TPSA) is 57.6 Å². The molecular formula is C17H24N6O. The number of hydrogen-bond acceptors (Lipinski definition) is 7. The molecule has 7 nitrogen and oxygen atoms in total. The van der Waals surface area contributed by atoms with E-state index in [9.17, 15) is 0 Å². The first-order valence-corrected chi connectivity index (χ1v) is 8.11. The van der Waals surface area contributed by atoms with E-state index in [4.69, 9.17) is 4.74 Å². The van der Waals surface area contributed by atoms with Crippen LogP contribution in [-0.4, -0.2) is 67.2 Å². The van der Waals surface area contributed by atoms with Crippen LogP contribution in [0.3, 0.4) is 0 Å². The smallest absolute Gasteiger partial charge is 0.213 e.